The third-order valence-electron chi connectivity index (χ3n) is 8.79. The zero-order chi connectivity index (χ0) is 28.0. The summed E-state index contributed by atoms with van der Waals surface area (Å²) >= 11 is 0. The van der Waals surface area contributed by atoms with Gasteiger partial charge in [0, 0.05) is 50.7 Å². The maximum atomic E-state index is 13.6. The number of aliphatic hydroxyl groups is 1. The van der Waals surface area contributed by atoms with Crippen LogP contribution in [-0.2, 0) is 30.6 Å². The number of benzene rings is 1. The second-order valence-electron chi connectivity index (χ2n) is 11.4. The third kappa shape index (κ3) is 4.84. The number of aromatic amines is 2. The highest BCUT2D eigenvalue weighted by molar-refractivity contribution is 5.86. The Kier molecular flexibility index (Phi) is 7.24. The maximum absolute atomic E-state index is 13.6. The van der Waals surface area contributed by atoms with Crippen LogP contribution in [0.5, 0.6) is 5.75 Å². The third-order valence-corrected chi connectivity index (χ3v) is 8.79. The van der Waals surface area contributed by atoms with Crippen LogP contribution in [0.4, 0.5) is 0 Å². The van der Waals surface area contributed by atoms with Gasteiger partial charge in [-0.15, -0.1) is 0 Å². The first-order valence-corrected chi connectivity index (χ1v) is 14.4. The van der Waals surface area contributed by atoms with Gasteiger partial charge >= 0.3 is 0 Å². The Balaban J connectivity index is 1.21. The standard InChI is InChI=1S/C30H39N7O3/c1-4-19-13-21(39)6-8-22(19)20-5-7-23-24(14-20)33-34-28(23)29-31-25-15-27(35(3)17-26(25)32-29)30(40)37-10-9-36(11-12-38)16-18(37)2/h6,8,13-14,18,27,38-39H,4-5,7,9-12,15-17H2,1-3H3,(H,31,32)(H,33,34)/t18-,27+/m1/s1. The molecule has 2 atom stereocenters. The molecule has 3 aliphatic rings. The SMILES string of the molecule is CCc1cc(O)ccc1C1=Cc2[nH]nc(-c3nc4c([nH]3)CN(C)[C@H](C(=O)N3CCN(CCO)C[C@H]3C)C4)c2CC1. The van der Waals surface area contributed by atoms with Gasteiger partial charge < -0.3 is 20.1 Å². The highest BCUT2D eigenvalue weighted by atomic mass is 16.3. The fraction of sp³-hybridized carbons (Fsp3) is 0.500. The maximum Gasteiger partial charge on any atom is 0.240 e. The van der Waals surface area contributed by atoms with Crippen molar-refractivity contribution in [2.75, 3.05) is 39.8 Å². The number of β-amino-alcohol motifs (C(OH)–C–C–N with tert-alkyl or cyclic N) is 1. The van der Waals surface area contributed by atoms with Gasteiger partial charge in [0.25, 0.3) is 0 Å². The number of carbonyl (C=O) groups excluding carboxylic acids is 1. The molecule has 2 aliphatic heterocycles. The lowest BCUT2D eigenvalue weighted by molar-refractivity contribution is -0.141. The van der Waals surface area contributed by atoms with E-state index in [1.54, 1.807) is 6.07 Å². The fourth-order valence-corrected chi connectivity index (χ4v) is 6.58. The Bertz CT molecular complexity index is 1440. The number of nitrogens with one attached hydrogen (secondary N) is 2. The molecule has 4 heterocycles. The molecule has 10 nitrogen and oxygen atoms in total. The molecule has 10 heteroatoms. The van der Waals surface area contributed by atoms with Crippen molar-refractivity contribution < 1.29 is 15.0 Å². The molecular weight excluding hydrogens is 506 g/mol. The number of phenolic OH excluding ortho intramolecular Hbond substituents is 1. The van der Waals surface area contributed by atoms with Crippen molar-refractivity contribution in [3.8, 4) is 17.3 Å². The number of amides is 1. The average molecular weight is 546 g/mol. The number of hydrogen-bond acceptors (Lipinski definition) is 7. The van der Waals surface area contributed by atoms with Gasteiger partial charge in [-0.25, -0.2) is 4.98 Å². The molecule has 1 aliphatic carbocycles. The van der Waals surface area contributed by atoms with Crippen LogP contribution in [0.15, 0.2) is 18.2 Å². The van der Waals surface area contributed by atoms with Crippen molar-refractivity contribution in [3.05, 3.63) is 52.0 Å². The van der Waals surface area contributed by atoms with Crippen LogP contribution < -0.4 is 0 Å². The summed E-state index contributed by atoms with van der Waals surface area (Å²) in [4.78, 5) is 28.4. The summed E-state index contributed by atoms with van der Waals surface area (Å²) in [7, 11) is 2.01. The van der Waals surface area contributed by atoms with E-state index in [4.69, 9.17) is 4.98 Å². The smallest absolute Gasteiger partial charge is 0.240 e. The minimum absolute atomic E-state index is 0.112. The van der Waals surface area contributed by atoms with Gasteiger partial charge in [-0.1, -0.05) is 13.0 Å². The molecule has 4 N–H and O–H groups in total. The van der Waals surface area contributed by atoms with Crippen LogP contribution in [-0.4, -0.2) is 103 Å². The van der Waals surface area contributed by atoms with Gasteiger partial charge in [0.05, 0.1) is 29.7 Å². The van der Waals surface area contributed by atoms with Crippen molar-refractivity contribution in [3.63, 3.8) is 0 Å². The molecule has 0 unspecified atom stereocenters. The number of H-pyrrole nitrogens is 2. The molecule has 1 aromatic carbocycles. The summed E-state index contributed by atoms with van der Waals surface area (Å²) < 4.78 is 0. The van der Waals surface area contributed by atoms with E-state index in [1.807, 2.05) is 24.1 Å². The monoisotopic (exact) mass is 545 g/mol. The molecule has 2 aromatic heterocycles. The number of rotatable bonds is 6. The molecule has 40 heavy (non-hydrogen) atoms. The molecule has 0 spiro atoms. The zero-order valence-electron chi connectivity index (χ0n) is 23.6. The van der Waals surface area contributed by atoms with E-state index in [1.165, 1.54) is 11.1 Å². The highest BCUT2D eigenvalue weighted by Crippen LogP contribution is 2.36. The Labute approximate surface area is 234 Å². The molecule has 1 saturated heterocycles. The number of imidazole rings is 1. The summed E-state index contributed by atoms with van der Waals surface area (Å²) in [5, 5.41) is 27.1. The molecule has 6 rings (SSSR count). The van der Waals surface area contributed by atoms with Crippen molar-refractivity contribution in [1.29, 1.82) is 0 Å². The van der Waals surface area contributed by atoms with E-state index in [9.17, 15) is 15.0 Å². The van der Waals surface area contributed by atoms with Crippen molar-refractivity contribution in [2.45, 2.75) is 58.2 Å². The summed E-state index contributed by atoms with van der Waals surface area (Å²) in [6, 6.07) is 5.48. The van der Waals surface area contributed by atoms with Gasteiger partial charge in [0.2, 0.25) is 5.91 Å². The lowest BCUT2D eigenvalue weighted by Gasteiger charge is -2.43. The molecule has 212 valence electrons. The summed E-state index contributed by atoms with van der Waals surface area (Å²) in [5.74, 6) is 1.21. The normalized spacial score (nSPS) is 21.7. The minimum Gasteiger partial charge on any atom is -0.508 e. The average Bonchev–Trinajstić information content (AvgIpc) is 3.55. The minimum atomic E-state index is -0.243. The highest BCUT2D eigenvalue weighted by Gasteiger charge is 2.37. The number of piperazine rings is 1. The molecule has 3 aromatic rings. The van der Waals surface area contributed by atoms with Crippen molar-refractivity contribution >= 4 is 17.6 Å². The molecule has 0 bridgehead atoms. The number of allylic oxidation sites excluding steroid dienone is 1. The van der Waals surface area contributed by atoms with E-state index in [0.29, 0.717) is 31.8 Å². The largest absolute Gasteiger partial charge is 0.508 e. The number of hydrogen-bond donors (Lipinski definition) is 4. The second kappa shape index (κ2) is 10.8. The number of aryl methyl sites for hydroxylation is 1. The number of aromatic hydroxyl groups is 1. The molecule has 1 amide bonds. The van der Waals surface area contributed by atoms with Crippen LogP contribution in [0, 0.1) is 0 Å². The molecule has 1 fully saturated rings. The van der Waals surface area contributed by atoms with E-state index >= 15 is 0 Å². The predicted octanol–water partition coefficient (Wildman–Crippen LogP) is 2.44. The number of carbonyl (C=O) groups is 1. The Morgan fingerprint density at radius 3 is 2.85 bits per heavy atom. The summed E-state index contributed by atoms with van der Waals surface area (Å²) in [5.41, 5.74) is 8.55. The number of likely N-dealkylation sites (N-methyl/N-ethyl adjacent to an activating group) is 1. The molecule has 0 radical (unpaired) electrons. The van der Waals surface area contributed by atoms with E-state index < -0.39 is 0 Å². The second-order valence-corrected chi connectivity index (χ2v) is 11.4. The Hall–Kier alpha value is -3.47. The van der Waals surface area contributed by atoms with Gasteiger partial charge in [-0.2, -0.15) is 5.10 Å². The van der Waals surface area contributed by atoms with Crippen LogP contribution >= 0.6 is 0 Å². The quantitative estimate of drug-likeness (QED) is 0.375. The van der Waals surface area contributed by atoms with Gasteiger partial charge in [0.1, 0.15) is 11.4 Å². The Morgan fingerprint density at radius 1 is 1.23 bits per heavy atom. The van der Waals surface area contributed by atoms with Gasteiger partial charge in [-0.3, -0.25) is 19.7 Å². The lowest BCUT2D eigenvalue weighted by Crippen LogP contribution is -2.59. The number of fused-ring (bicyclic) bond motifs is 2. The number of phenols is 1. The predicted molar refractivity (Wildman–Crippen MR) is 154 cm³/mol. The fourth-order valence-electron chi connectivity index (χ4n) is 6.58. The van der Waals surface area contributed by atoms with E-state index in [-0.39, 0.29) is 24.6 Å². The Morgan fingerprint density at radius 2 is 2.08 bits per heavy atom. The zero-order valence-corrected chi connectivity index (χ0v) is 23.6. The number of nitrogens with zero attached hydrogens (tertiary/aromatic N) is 5. The van der Waals surface area contributed by atoms with Crippen LogP contribution in [0.3, 0.4) is 0 Å². The van der Waals surface area contributed by atoms with Crippen LogP contribution in [0.2, 0.25) is 0 Å². The summed E-state index contributed by atoms with van der Waals surface area (Å²) in [6.45, 7) is 7.88. The molecule has 0 saturated carbocycles. The topological polar surface area (TPSA) is 125 Å². The van der Waals surface area contributed by atoms with Gasteiger partial charge in [0.15, 0.2) is 5.82 Å². The van der Waals surface area contributed by atoms with Crippen molar-refractivity contribution in [2.24, 2.45) is 0 Å². The number of aliphatic hydroxyl groups excluding tert-OH is 1. The number of aromatic nitrogens is 4. The van der Waals surface area contributed by atoms with Crippen LogP contribution in [0.25, 0.3) is 23.2 Å². The van der Waals surface area contributed by atoms with Crippen LogP contribution in [0.1, 0.15) is 54.0 Å². The lowest BCUT2D eigenvalue weighted by atomic mass is 9.88. The van der Waals surface area contributed by atoms with Crippen molar-refractivity contribution in [1.82, 2.24) is 34.9 Å². The summed E-state index contributed by atoms with van der Waals surface area (Å²) in [6.07, 6.45) is 5.34. The van der Waals surface area contributed by atoms with Gasteiger partial charge in [-0.05, 0) is 68.1 Å². The first-order chi connectivity index (χ1) is 19.4. The van der Waals surface area contributed by atoms with E-state index in [0.717, 1.165) is 72.1 Å². The first kappa shape index (κ1) is 26.7. The van der Waals surface area contributed by atoms with E-state index in [2.05, 4.69) is 44.9 Å². The molecular formula is C30H39N7O3. The first-order valence-electron chi connectivity index (χ1n) is 14.4.